The second-order valence-electron chi connectivity index (χ2n) is 4.49. The van der Waals surface area contributed by atoms with Crippen LogP contribution in [0, 0.1) is 11.3 Å². The van der Waals surface area contributed by atoms with Crippen LogP contribution in [-0.4, -0.2) is 16.3 Å². The molecule has 0 radical (unpaired) electrons. The minimum atomic E-state index is -0.673. The number of hydrogen-bond donors (Lipinski definition) is 1. The lowest BCUT2D eigenvalue weighted by Gasteiger charge is -2.01. The Hall–Kier alpha value is -0.960. The van der Waals surface area contributed by atoms with Crippen molar-refractivity contribution in [1.29, 1.82) is 0 Å². The molecule has 0 amide bonds. The van der Waals surface area contributed by atoms with Crippen LogP contribution in [0.5, 0.6) is 0 Å². The van der Waals surface area contributed by atoms with Crippen LogP contribution in [0.3, 0.4) is 0 Å². The van der Waals surface area contributed by atoms with Gasteiger partial charge in [-0.15, -0.1) is 11.8 Å². The van der Waals surface area contributed by atoms with Crippen LogP contribution in [0.25, 0.3) is 0 Å². The Labute approximate surface area is 93.7 Å². The highest BCUT2D eigenvalue weighted by Crippen LogP contribution is 2.60. The average Bonchev–Trinajstić information content (AvgIpc) is 2.70. The van der Waals surface area contributed by atoms with Gasteiger partial charge >= 0.3 is 5.97 Å². The smallest absolute Gasteiger partial charge is 0.308 e. The van der Waals surface area contributed by atoms with Gasteiger partial charge in [-0.05, 0) is 17.5 Å². The SMILES string of the molecule is CC1(C)C(Sc2ccccc2)C1C(=O)O. The number of thioether (sulfide) groups is 1. The van der Waals surface area contributed by atoms with E-state index in [0.717, 1.165) is 4.90 Å². The van der Waals surface area contributed by atoms with Crippen LogP contribution >= 0.6 is 11.8 Å². The minimum absolute atomic E-state index is 0.0770. The van der Waals surface area contributed by atoms with E-state index >= 15 is 0 Å². The molecule has 1 saturated carbocycles. The quantitative estimate of drug-likeness (QED) is 0.854. The number of rotatable bonds is 3. The predicted octanol–water partition coefficient (Wildman–Crippen LogP) is 2.89. The lowest BCUT2D eigenvalue weighted by atomic mass is 10.1. The molecule has 0 saturated heterocycles. The Bertz CT molecular complexity index is 372. The molecule has 1 aliphatic rings. The van der Waals surface area contributed by atoms with E-state index in [0.29, 0.717) is 0 Å². The monoisotopic (exact) mass is 222 g/mol. The molecule has 0 bridgehead atoms. The fourth-order valence-electron chi connectivity index (χ4n) is 1.90. The van der Waals surface area contributed by atoms with Crippen molar-refractivity contribution < 1.29 is 9.90 Å². The van der Waals surface area contributed by atoms with Crippen LogP contribution in [0.15, 0.2) is 35.2 Å². The van der Waals surface area contributed by atoms with Gasteiger partial charge in [0.05, 0.1) is 5.92 Å². The fourth-order valence-corrected chi connectivity index (χ4v) is 3.49. The molecule has 15 heavy (non-hydrogen) atoms. The van der Waals surface area contributed by atoms with E-state index in [1.807, 2.05) is 44.2 Å². The zero-order valence-electron chi connectivity index (χ0n) is 8.81. The Balaban J connectivity index is 2.07. The first-order chi connectivity index (χ1) is 7.03. The lowest BCUT2D eigenvalue weighted by Crippen LogP contribution is -2.03. The van der Waals surface area contributed by atoms with Crippen molar-refractivity contribution in [2.24, 2.45) is 11.3 Å². The third-order valence-corrected chi connectivity index (χ3v) is 4.68. The molecule has 80 valence electrons. The molecule has 0 aromatic heterocycles. The van der Waals surface area contributed by atoms with E-state index in [9.17, 15) is 4.79 Å². The molecule has 2 nitrogen and oxygen atoms in total. The molecule has 2 rings (SSSR count). The highest BCUT2D eigenvalue weighted by molar-refractivity contribution is 8.00. The normalized spacial score (nSPS) is 27.3. The Morgan fingerprint density at radius 1 is 1.33 bits per heavy atom. The predicted molar refractivity (Wildman–Crippen MR) is 61.0 cm³/mol. The van der Waals surface area contributed by atoms with E-state index in [4.69, 9.17) is 5.11 Å². The molecule has 1 aromatic carbocycles. The lowest BCUT2D eigenvalue weighted by molar-refractivity contribution is -0.139. The summed E-state index contributed by atoms with van der Waals surface area (Å²) in [6.45, 7) is 4.04. The highest BCUT2D eigenvalue weighted by Gasteiger charge is 2.62. The molecule has 1 aromatic rings. The Morgan fingerprint density at radius 3 is 2.40 bits per heavy atom. The van der Waals surface area contributed by atoms with E-state index in [-0.39, 0.29) is 16.6 Å². The first kappa shape index (κ1) is 10.6. The average molecular weight is 222 g/mol. The number of carbonyl (C=O) groups is 1. The van der Waals surface area contributed by atoms with Crippen LogP contribution in [-0.2, 0) is 4.79 Å². The van der Waals surface area contributed by atoms with Crippen molar-refractivity contribution in [2.45, 2.75) is 24.0 Å². The van der Waals surface area contributed by atoms with Gasteiger partial charge in [-0.2, -0.15) is 0 Å². The van der Waals surface area contributed by atoms with Crippen LogP contribution in [0.4, 0.5) is 0 Å². The standard InChI is InChI=1S/C12H14O2S/c1-12(2)9(11(13)14)10(12)15-8-6-4-3-5-7-8/h3-7,9-10H,1-2H3,(H,13,14). The maximum absolute atomic E-state index is 11.0. The summed E-state index contributed by atoms with van der Waals surface area (Å²) in [6.07, 6.45) is 0. The second-order valence-corrected chi connectivity index (χ2v) is 5.70. The van der Waals surface area contributed by atoms with Crippen molar-refractivity contribution in [3.8, 4) is 0 Å². The highest BCUT2D eigenvalue weighted by atomic mass is 32.2. The zero-order valence-corrected chi connectivity index (χ0v) is 9.62. The number of carboxylic acid groups (broad SMARTS) is 1. The summed E-state index contributed by atoms with van der Waals surface area (Å²) in [5, 5.41) is 9.23. The van der Waals surface area contributed by atoms with E-state index < -0.39 is 5.97 Å². The van der Waals surface area contributed by atoms with Gasteiger partial charge in [-0.3, -0.25) is 4.79 Å². The number of hydrogen-bond acceptors (Lipinski definition) is 2. The zero-order chi connectivity index (χ0) is 11.1. The second kappa shape index (κ2) is 3.56. The van der Waals surface area contributed by atoms with Gasteiger partial charge < -0.3 is 5.11 Å². The molecular weight excluding hydrogens is 208 g/mol. The molecule has 3 heteroatoms. The molecule has 2 unspecified atom stereocenters. The fraction of sp³-hybridized carbons (Fsp3) is 0.417. The van der Waals surface area contributed by atoms with Gasteiger partial charge in [0, 0.05) is 10.1 Å². The van der Waals surface area contributed by atoms with E-state index in [1.54, 1.807) is 11.8 Å². The molecule has 2 atom stereocenters. The van der Waals surface area contributed by atoms with Gasteiger partial charge in [0.1, 0.15) is 0 Å². The van der Waals surface area contributed by atoms with Crippen LogP contribution < -0.4 is 0 Å². The summed E-state index contributed by atoms with van der Waals surface area (Å²) in [4.78, 5) is 12.1. The molecule has 0 aliphatic heterocycles. The molecule has 1 N–H and O–H groups in total. The van der Waals surface area contributed by atoms with Crippen LogP contribution in [0.1, 0.15) is 13.8 Å². The van der Waals surface area contributed by atoms with Crippen molar-refractivity contribution in [3.05, 3.63) is 30.3 Å². The number of aliphatic carboxylic acids is 1. The summed E-state index contributed by atoms with van der Waals surface area (Å²) in [6, 6.07) is 9.98. The van der Waals surface area contributed by atoms with Gasteiger partial charge in [0.15, 0.2) is 0 Å². The van der Waals surface area contributed by atoms with Gasteiger partial charge in [-0.1, -0.05) is 32.0 Å². The van der Waals surface area contributed by atoms with E-state index in [1.165, 1.54) is 0 Å². The molecule has 1 aliphatic carbocycles. The summed E-state index contributed by atoms with van der Waals surface area (Å²) in [5.41, 5.74) is -0.0770. The maximum atomic E-state index is 11.0. The Morgan fingerprint density at radius 2 is 1.93 bits per heavy atom. The van der Waals surface area contributed by atoms with Gasteiger partial charge in [-0.25, -0.2) is 0 Å². The van der Waals surface area contributed by atoms with Gasteiger partial charge in [0.2, 0.25) is 0 Å². The van der Waals surface area contributed by atoms with Crippen molar-refractivity contribution >= 4 is 17.7 Å². The molecule has 0 heterocycles. The third-order valence-electron chi connectivity index (χ3n) is 3.00. The minimum Gasteiger partial charge on any atom is -0.481 e. The Kier molecular flexibility index (Phi) is 2.51. The molecular formula is C12H14O2S. The van der Waals surface area contributed by atoms with Crippen molar-refractivity contribution in [3.63, 3.8) is 0 Å². The van der Waals surface area contributed by atoms with E-state index in [2.05, 4.69) is 0 Å². The third kappa shape index (κ3) is 1.88. The summed E-state index contributed by atoms with van der Waals surface area (Å²) < 4.78 is 0. The van der Waals surface area contributed by atoms with Crippen LogP contribution in [0.2, 0.25) is 0 Å². The summed E-state index contributed by atoms with van der Waals surface area (Å²) >= 11 is 1.67. The molecule has 1 fully saturated rings. The number of benzene rings is 1. The number of carboxylic acids is 1. The first-order valence-electron chi connectivity index (χ1n) is 4.98. The summed E-state index contributed by atoms with van der Waals surface area (Å²) in [7, 11) is 0. The topological polar surface area (TPSA) is 37.3 Å². The van der Waals surface area contributed by atoms with Crippen molar-refractivity contribution in [1.82, 2.24) is 0 Å². The van der Waals surface area contributed by atoms with Crippen molar-refractivity contribution in [2.75, 3.05) is 0 Å². The molecule has 0 spiro atoms. The largest absolute Gasteiger partial charge is 0.481 e. The summed E-state index contributed by atoms with van der Waals surface area (Å²) in [5.74, 6) is -0.879. The van der Waals surface area contributed by atoms with Gasteiger partial charge in [0.25, 0.3) is 0 Å². The first-order valence-corrected chi connectivity index (χ1v) is 5.86. The maximum Gasteiger partial charge on any atom is 0.308 e.